The van der Waals surface area contributed by atoms with E-state index >= 15 is 0 Å². The summed E-state index contributed by atoms with van der Waals surface area (Å²) in [5.41, 5.74) is 2.38. The van der Waals surface area contributed by atoms with Gasteiger partial charge in [-0.15, -0.1) is 0 Å². The molecule has 28 heavy (non-hydrogen) atoms. The molecule has 1 saturated heterocycles. The topological polar surface area (TPSA) is 49.4 Å². The number of hydrogen-bond acceptors (Lipinski definition) is 4. The van der Waals surface area contributed by atoms with Gasteiger partial charge >= 0.3 is 0 Å². The summed E-state index contributed by atoms with van der Waals surface area (Å²) >= 11 is 6.80. The van der Waals surface area contributed by atoms with E-state index in [2.05, 4.69) is 5.32 Å². The molecule has 1 aliphatic rings. The van der Waals surface area contributed by atoms with Gasteiger partial charge in [0.05, 0.1) is 10.6 Å². The summed E-state index contributed by atoms with van der Waals surface area (Å²) in [5, 5.41) is 4.78. The summed E-state index contributed by atoms with van der Waals surface area (Å²) in [6.45, 7) is 1.46. The van der Waals surface area contributed by atoms with Gasteiger partial charge in [0.1, 0.15) is 0 Å². The minimum atomic E-state index is -0.128. The largest absolute Gasteiger partial charge is 0.326 e. The lowest BCUT2D eigenvalue weighted by Gasteiger charge is -2.17. The van der Waals surface area contributed by atoms with E-state index in [1.54, 1.807) is 17.0 Å². The van der Waals surface area contributed by atoms with Gasteiger partial charge < -0.3 is 5.32 Å². The van der Waals surface area contributed by atoms with Gasteiger partial charge in [0.2, 0.25) is 5.91 Å². The highest BCUT2D eigenvalue weighted by molar-refractivity contribution is 8.27. The Hall–Kier alpha value is -2.96. The van der Waals surface area contributed by atoms with E-state index in [4.69, 9.17) is 12.2 Å². The van der Waals surface area contributed by atoms with Crippen molar-refractivity contribution in [3.05, 3.63) is 77.2 Å². The lowest BCUT2D eigenvalue weighted by atomic mass is 10.1. The van der Waals surface area contributed by atoms with Crippen molar-refractivity contribution in [1.29, 1.82) is 0 Å². The lowest BCUT2D eigenvalue weighted by Crippen LogP contribution is -2.27. The van der Waals surface area contributed by atoms with Crippen LogP contribution < -0.4 is 10.2 Å². The van der Waals surface area contributed by atoms with Gasteiger partial charge in [-0.3, -0.25) is 14.5 Å². The molecule has 1 fully saturated rings. The second-order valence-electron chi connectivity index (χ2n) is 6.32. The average molecular weight is 405 g/mol. The second kappa shape index (κ2) is 7.58. The van der Waals surface area contributed by atoms with Crippen LogP contribution in [0.5, 0.6) is 0 Å². The summed E-state index contributed by atoms with van der Waals surface area (Å²) in [5.74, 6) is -0.249. The van der Waals surface area contributed by atoms with Crippen molar-refractivity contribution in [2.24, 2.45) is 0 Å². The highest BCUT2D eigenvalue weighted by Crippen LogP contribution is 2.38. The van der Waals surface area contributed by atoms with Crippen LogP contribution in [0.2, 0.25) is 0 Å². The molecule has 1 heterocycles. The van der Waals surface area contributed by atoms with Crippen molar-refractivity contribution in [2.75, 3.05) is 10.2 Å². The van der Waals surface area contributed by atoms with Crippen molar-refractivity contribution in [3.63, 3.8) is 0 Å². The highest BCUT2D eigenvalue weighted by atomic mass is 32.2. The van der Waals surface area contributed by atoms with Crippen molar-refractivity contribution < 1.29 is 9.59 Å². The van der Waals surface area contributed by atoms with Crippen LogP contribution in [-0.4, -0.2) is 16.1 Å². The Morgan fingerprint density at radius 1 is 1.04 bits per heavy atom. The highest BCUT2D eigenvalue weighted by Gasteiger charge is 2.34. The van der Waals surface area contributed by atoms with Gasteiger partial charge in [0, 0.05) is 18.0 Å². The Kier molecular flexibility index (Phi) is 4.98. The van der Waals surface area contributed by atoms with E-state index in [9.17, 15) is 9.59 Å². The minimum Gasteiger partial charge on any atom is -0.326 e. The van der Waals surface area contributed by atoms with Crippen LogP contribution >= 0.6 is 24.0 Å². The number of fused-ring (bicyclic) bond motifs is 1. The standard InChI is InChI=1S/C22H16N2O2S2/c1-14(25)23-17-11-9-15(10-12-17)13-20-21(26)24(22(27)28-20)19-8-4-6-16-5-2-3-7-18(16)19/h2-13H,1H3,(H,23,25). The second-order valence-corrected chi connectivity index (χ2v) is 7.99. The molecule has 0 bridgehead atoms. The van der Waals surface area contributed by atoms with Gasteiger partial charge in [-0.25, -0.2) is 0 Å². The Morgan fingerprint density at radius 3 is 2.50 bits per heavy atom. The quantitative estimate of drug-likeness (QED) is 0.481. The molecule has 4 rings (SSSR count). The molecular weight excluding hydrogens is 388 g/mol. The van der Waals surface area contributed by atoms with E-state index in [1.165, 1.54) is 18.7 Å². The fourth-order valence-corrected chi connectivity index (χ4v) is 4.38. The van der Waals surface area contributed by atoms with Crippen LogP contribution in [0, 0.1) is 0 Å². The maximum atomic E-state index is 13.1. The Labute approximate surface area is 172 Å². The number of amides is 2. The molecule has 2 amide bonds. The number of benzene rings is 3. The van der Waals surface area contributed by atoms with Crippen molar-refractivity contribution in [3.8, 4) is 0 Å². The Balaban J connectivity index is 1.65. The Bertz CT molecular complexity index is 1130. The molecule has 4 nitrogen and oxygen atoms in total. The normalized spacial score (nSPS) is 15.5. The van der Waals surface area contributed by atoms with E-state index in [-0.39, 0.29) is 11.8 Å². The predicted molar refractivity (Wildman–Crippen MR) is 120 cm³/mol. The first kappa shape index (κ1) is 18.4. The molecule has 138 valence electrons. The van der Waals surface area contributed by atoms with Gasteiger partial charge in [-0.2, -0.15) is 0 Å². The minimum absolute atomic E-state index is 0.122. The lowest BCUT2D eigenvalue weighted by molar-refractivity contribution is -0.114. The number of hydrogen-bond donors (Lipinski definition) is 1. The van der Waals surface area contributed by atoms with Crippen molar-refractivity contribution >= 4 is 68.3 Å². The fraction of sp³-hybridized carbons (Fsp3) is 0.0455. The molecule has 3 aromatic carbocycles. The van der Waals surface area contributed by atoms with Crippen LogP contribution in [0.3, 0.4) is 0 Å². The number of thiocarbonyl (C=S) groups is 1. The first-order valence-electron chi connectivity index (χ1n) is 8.66. The van der Waals surface area contributed by atoms with E-state index in [0.717, 1.165) is 22.0 Å². The smallest absolute Gasteiger partial charge is 0.270 e. The molecule has 0 radical (unpaired) electrons. The van der Waals surface area contributed by atoms with Crippen molar-refractivity contribution in [2.45, 2.75) is 6.92 Å². The number of thioether (sulfide) groups is 1. The number of carbonyl (C=O) groups is 2. The van der Waals surface area contributed by atoms with Gasteiger partial charge in [-0.05, 0) is 35.2 Å². The van der Waals surface area contributed by atoms with Gasteiger partial charge in [-0.1, -0.05) is 72.5 Å². The van der Waals surface area contributed by atoms with Crippen LogP contribution in [0.25, 0.3) is 16.8 Å². The molecule has 0 atom stereocenters. The first-order valence-corrected chi connectivity index (χ1v) is 9.89. The van der Waals surface area contributed by atoms with Gasteiger partial charge in [0.15, 0.2) is 4.32 Å². The zero-order chi connectivity index (χ0) is 19.7. The average Bonchev–Trinajstić information content (AvgIpc) is 2.96. The molecular formula is C22H16N2O2S2. The number of nitrogens with one attached hydrogen (secondary N) is 1. The zero-order valence-electron chi connectivity index (χ0n) is 15.0. The Morgan fingerprint density at radius 2 is 1.75 bits per heavy atom. The van der Waals surface area contributed by atoms with E-state index in [0.29, 0.717) is 14.9 Å². The fourth-order valence-electron chi connectivity index (χ4n) is 3.10. The molecule has 1 aliphatic heterocycles. The number of nitrogens with zero attached hydrogens (tertiary/aromatic N) is 1. The van der Waals surface area contributed by atoms with Crippen LogP contribution in [0.4, 0.5) is 11.4 Å². The number of rotatable bonds is 3. The molecule has 6 heteroatoms. The molecule has 0 spiro atoms. The van der Waals surface area contributed by atoms with Crippen LogP contribution in [0.15, 0.2) is 71.6 Å². The number of carbonyl (C=O) groups excluding carboxylic acids is 2. The predicted octanol–water partition coefficient (Wildman–Crippen LogP) is 5.20. The molecule has 0 unspecified atom stereocenters. The van der Waals surface area contributed by atoms with Crippen LogP contribution in [0.1, 0.15) is 12.5 Å². The monoisotopic (exact) mass is 404 g/mol. The first-order chi connectivity index (χ1) is 13.5. The molecule has 3 aromatic rings. The van der Waals surface area contributed by atoms with Crippen LogP contribution in [-0.2, 0) is 9.59 Å². The maximum absolute atomic E-state index is 13.1. The molecule has 0 aliphatic carbocycles. The zero-order valence-corrected chi connectivity index (χ0v) is 16.6. The van der Waals surface area contributed by atoms with E-state index < -0.39 is 0 Å². The summed E-state index contributed by atoms with van der Waals surface area (Å²) in [6.07, 6.45) is 1.82. The van der Waals surface area contributed by atoms with Gasteiger partial charge in [0.25, 0.3) is 5.91 Å². The van der Waals surface area contributed by atoms with Crippen molar-refractivity contribution in [1.82, 2.24) is 0 Å². The third kappa shape index (κ3) is 3.56. The van der Waals surface area contributed by atoms with E-state index in [1.807, 2.05) is 60.7 Å². The molecule has 0 saturated carbocycles. The summed E-state index contributed by atoms with van der Waals surface area (Å²) in [7, 11) is 0. The third-order valence-electron chi connectivity index (χ3n) is 4.33. The summed E-state index contributed by atoms with van der Waals surface area (Å²) in [4.78, 5) is 26.4. The number of anilines is 2. The SMILES string of the molecule is CC(=O)Nc1ccc(C=C2SC(=S)N(c3cccc4ccccc34)C2=O)cc1. The third-order valence-corrected chi connectivity index (χ3v) is 5.63. The summed E-state index contributed by atoms with van der Waals surface area (Å²) < 4.78 is 0.516. The molecule has 1 N–H and O–H groups in total. The summed E-state index contributed by atoms with van der Waals surface area (Å²) in [6, 6.07) is 21.1. The maximum Gasteiger partial charge on any atom is 0.270 e. The molecule has 0 aromatic heterocycles.